The first kappa shape index (κ1) is 18.9. The maximum absolute atomic E-state index is 10.00. The zero-order chi connectivity index (χ0) is 17.4. The molecule has 11 heteroatoms. The Kier molecular flexibility index (Phi) is 5.92. The summed E-state index contributed by atoms with van der Waals surface area (Å²) in [5, 5.41) is 76.7. The summed E-state index contributed by atoms with van der Waals surface area (Å²) in [4.78, 5) is 0. The molecule has 0 radical (unpaired) electrons. The molecule has 136 valence electrons. The molecule has 2 aliphatic heterocycles. The molecule has 0 aromatic carbocycles. The van der Waals surface area contributed by atoms with Gasteiger partial charge in [-0.05, 0) is 0 Å². The third-order valence-corrected chi connectivity index (χ3v) is 4.07. The summed E-state index contributed by atoms with van der Waals surface area (Å²) in [6.45, 7) is -2.32. The van der Waals surface area contributed by atoms with E-state index in [-0.39, 0.29) is 0 Å². The normalized spacial score (nSPS) is 51.1. The lowest BCUT2D eigenvalue weighted by molar-refractivity contribution is -0.383. The predicted octanol–water partition coefficient (Wildman–Crippen LogP) is -5.40. The van der Waals surface area contributed by atoms with Crippen LogP contribution in [-0.4, -0.2) is 115 Å². The van der Waals surface area contributed by atoms with Gasteiger partial charge in [0, 0.05) is 0 Å². The molecule has 0 spiro atoms. The Balaban J connectivity index is 2.18. The Morgan fingerprint density at radius 2 is 1.39 bits per heavy atom. The molecular weight excluding hydrogens is 320 g/mol. The summed E-state index contributed by atoms with van der Waals surface area (Å²) in [5.74, 6) is -2.22. The van der Waals surface area contributed by atoms with Gasteiger partial charge in [0.25, 0.3) is 0 Å². The fourth-order valence-electron chi connectivity index (χ4n) is 2.63. The Hall–Kier alpha value is -0.440. The van der Waals surface area contributed by atoms with Gasteiger partial charge in [-0.25, -0.2) is 0 Å². The fraction of sp³-hybridized carbons (Fsp3) is 1.00. The van der Waals surface area contributed by atoms with Crippen LogP contribution in [0.3, 0.4) is 0 Å². The third-order valence-electron chi connectivity index (χ3n) is 4.07. The predicted molar refractivity (Wildman–Crippen MR) is 68.6 cm³/mol. The van der Waals surface area contributed by atoms with E-state index in [9.17, 15) is 30.6 Å². The van der Waals surface area contributed by atoms with Crippen LogP contribution in [0.15, 0.2) is 0 Å². The molecule has 0 saturated carbocycles. The van der Waals surface area contributed by atoms with Crippen LogP contribution in [0.1, 0.15) is 0 Å². The summed E-state index contributed by atoms with van der Waals surface area (Å²) in [5.41, 5.74) is 0. The Labute approximate surface area is 130 Å². The molecule has 0 aromatic rings. The van der Waals surface area contributed by atoms with E-state index >= 15 is 0 Å². The standard InChI is InChI=1S/C12H22O11/c13-1-4-6(16)8(18)9(19)11(21-4)23-12(3-15)10(20)7(17)5(2-14)22-12/h4-11,13-20H,1-3H2/t4?,5-,6?,7+,8+,9?,10?,11+,12+/m1/s1. The van der Waals surface area contributed by atoms with Crippen molar-refractivity contribution in [2.75, 3.05) is 19.8 Å². The average Bonchev–Trinajstić information content (AvgIpc) is 2.80. The van der Waals surface area contributed by atoms with Gasteiger partial charge in [0.15, 0.2) is 6.29 Å². The average molecular weight is 342 g/mol. The van der Waals surface area contributed by atoms with Gasteiger partial charge in [0.1, 0.15) is 49.3 Å². The molecule has 2 rings (SSSR count). The number of aliphatic hydroxyl groups excluding tert-OH is 8. The van der Waals surface area contributed by atoms with Crippen molar-refractivity contribution in [3.63, 3.8) is 0 Å². The van der Waals surface area contributed by atoms with Crippen molar-refractivity contribution >= 4 is 0 Å². The highest BCUT2D eigenvalue weighted by Gasteiger charge is 2.58. The summed E-state index contributed by atoms with van der Waals surface area (Å²) in [6.07, 6.45) is -12.7. The van der Waals surface area contributed by atoms with Gasteiger partial charge in [0.05, 0.1) is 13.2 Å². The van der Waals surface area contributed by atoms with Crippen molar-refractivity contribution in [1.82, 2.24) is 0 Å². The largest absolute Gasteiger partial charge is 0.394 e. The SMILES string of the molecule is OCC1O[C@@H](O[C@]2(CO)O[C@H](CO)[C@H](O)C2O)C(O)[C@@H](O)C1O. The van der Waals surface area contributed by atoms with Crippen molar-refractivity contribution in [3.8, 4) is 0 Å². The van der Waals surface area contributed by atoms with Crippen LogP contribution < -0.4 is 0 Å². The Bertz CT molecular complexity index is 393. The van der Waals surface area contributed by atoms with Crippen molar-refractivity contribution < 1.29 is 55.1 Å². The van der Waals surface area contributed by atoms with Crippen LogP contribution in [0.25, 0.3) is 0 Å². The minimum atomic E-state index is -2.22. The molecule has 23 heavy (non-hydrogen) atoms. The fourth-order valence-corrected chi connectivity index (χ4v) is 2.63. The van der Waals surface area contributed by atoms with Crippen molar-refractivity contribution in [2.24, 2.45) is 0 Å². The number of hydrogen-bond donors (Lipinski definition) is 8. The van der Waals surface area contributed by atoms with Gasteiger partial charge in [-0.3, -0.25) is 0 Å². The van der Waals surface area contributed by atoms with E-state index in [1.807, 2.05) is 0 Å². The summed E-state index contributed by atoms with van der Waals surface area (Å²) >= 11 is 0. The van der Waals surface area contributed by atoms with E-state index < -0.39 is 74.6 Å². The van der Waals surface area contributed by atoms with Gasteiger partial charge in [0.2, 0.25) is 5.79 Å². The van der Waals surface area contributed by atoms with E-state index in [1.54, 1.807) is 0 Å². The topological polar surface area (TPSA) is 190 Å². The first-order valence-electron chi connectivity index (χ1n) is 7.05. The number of rotatable bonds is 5. The van der Waals surface area contributed by atoms with E-state index in [0.29, 0.717) is 0 Å². The molecule has 0 aromatic heterocycles. The van der Waals surface area contributed by atoms with Crippen LogP contribution in [0, 0.1) is 0 Å². The molecule has 11 nitrogen and oxygen atoms in total. The second-order valence-corrected chi connectivity index (χ2v) is 5.56. The maximum atomic E-state index is 10.00. The number of ether oxygens (including phenoxy) is 3. The highest BCUT2D eigenvalue weighted by molar-refractivity contribution is 4.98. The summed E-state index contributed by atoms with van der Waals surface area (Å²) in [6, 6.07) is 0. The van der Waals surface area contributed by atoms with Crippen LogP contribution >= 0.6 is 0 Å². The lowest BCUT2D eigenvalue weighted by Gasteiger charge is -2.43. The Morgan fingerprint density at radius 3 is 1.87 bits per heavy atom. The second kappa shape index (κ2) is 7.21. The molecule has 2 heterocycles. The van der Waals surface area contributed by atoms with Gasteiger partial charge in [-0.1, -0.05) is 0 Å². The molecule has 2 fully saturated rings. The molecule has 4 unspecified atom stereocenters. The van der Waals surface area contributed by atoms with Crippen molar-refractivity contribution in [3.05, 3.63) is 0 Å². The zero-order valence-electron chi connectivity index (χ0n) is 12.0. The molecule has 9 atom stereocenters. The van der Waals surface area contributed by atoms with Gasteiger partial charge in [-0.2, -0.15) is 0 Å². The van der Waals surface area contributed by atoms with Gasteiger partial charge in [-0.15, -0.1) is 0 Å². The highest BCUT2D eigenvalue weighted by Crippen LogP contribution is 2.35. The third kappa shape index (κ3) is 3.23. The van der Waals surface area contributed by atoms with Crippen LogP contribution in [0.4, 0.5) is 0 Å². The Morgan fingerprint density at radius 1 is 0.783 bits per heavy atom. The van der Waals surface area contributed by atoms with Crippen LogP contribution in [0.5, 0.6) is 0 Å². The molecular formula is C12H22O11. The lowest BCUT2D eigenvalue weighted by atomic mass is 9.99. The molecule has 0 bridgehead atoms. The van der Waals surface area contributed by atoms with Gasteiger partial charge >= 0.3 is 0 Å². The summed E-state index contributed by atoms with van der Waals surface area (Å²) < 4.78 is 15.4. The van der Waals surface area contributed by atoms with Crippen molar-refractivity contribution in [1.29, 1.82) is 0 Å². The molecule has 0 amide bonds. The molecule has 0 aliphatic carbocycles. The van der Waals surface area contributed by atoms with Gasteiger partial charge < -0.3 is 55.1 Å². The van der Waals surface area contributed by atoms with E-state index in [0.717, 1.165) is 0 Å². The van der Waals surface area contributed by atoms with E-state index in [4.69, 9.17) is 24.4 Å². The van der Waals surface area contributed by atoms with E-state index in [1.165, 1.54) is 0 Å². The molecule has 8 N–H and O–H groups in total. The molecule has 2 saturated heterocycles. The van der Waals surface area contributed by atoms with Crippen molar-refractivity contribution in [2.45, 2.75) is 54.8 Å². The summed E-state index contributed by atoms with van der Waals surface area (Å²) in [7, 11) is 0. The minimum absolute atomic E-state index is 0.669. The quantitative estimate of drug-likeness (QED) is 0.238. The van der Waals surface area contributed by atoms with E-state index in [2.05, 4.69) is 0 Å². The minimum Gasteiger partial charge on any atom is -0.394 e. The van der Waals surface area contributed by atoms with Crippen LogP contribution in [0.2, 0.25) is 0 Å². The molecule has 2 aliphatic rings. The maximum Gasteiger partial charge on any atom is 0.224 e. The smallest absolute Gasteiger partial charge is 0.224 e. The first-order valence-corrected chi connectivity index (χ1v) is 7.05. The lowest BCUT2D eigenvalue weighted by Crippen LogP contribution is -2.62. The highest BCUT2D eigenvalue weighted by atomic mass is 16.8. The second-order valence-electron chi connectivity index (χ2n) is 5.56. The first-order chi connectivity index (χ1) is 10.8. The number of hydrogen-bond acceptors (Lipinski definition) is 11. The monoisotopic (exact) mass is 342 g/mol. The number of aliphatic hydroxyl groups is 8. The zero-order valence-corrected chi connectivity index (χ0v) is 12.0. The van der Waals surface area contributed by atoms with Crippen LogP contribution in [-0.2, 0) is 14.2 Å².